The van der Waals surface area contributed by atoms with Gasteiger partial charge < -0.3 is 0 Å². The van der Waals surface area contributed by atoms with E-state index in [0.717, 1.165) is 16.4 Å². The second-order valence-corrected chi connectivity index (χ2v) is 6.37. The first-order chi connectivity index (χ1) is 6.88. The molecule has 3 heteroatoms. The van der Waals surface area contributed by atoms with Crippen LogP contribution in [0.5, 0.6) is 0 Å². The van der Waals surface area contributed by atoms with Crippen LogP contribution in [-0.2, 0) is 0 Å². The molecule has 0 N–H and O–H groups in total. The first-order valence-electron chi connectivity index (χ1n) is 5.10. The summed E-state index contributed by atoms with van der Waals surface area (Å²) in [7, 11) is 0. The Bertz CT molecular complexity index is 300. The maximum atomic E-state index is 10.5. The molecular formula is C11H14OS2. The van der Waals surface area contributed by atoms with Crippen LogP contribution in [0.3, 0.4) is 0 Å². The van der Waals surface area contributed by atoms with Crippen molar-refractivity contribution in [3.8, 4) is 0 Å². The normalized spacial score (nSPS) is 18.3. The molecule has 1 heterocycles. The number of carbonyl (C=O) groups excluding carboxylic acids is 1. The Morgan fingerprint density at radius 3 is 2.71 bits per heavy atom. The molecule has 0 aromatic carbocycles. The average molecular weight is 226 g/mol. The van der Waals surface area contributed by atoms with Gasteiger partial charge in [0.1, 0.15) is 0 Å². The molecule has 1 saturated carbocycles. The smallest absolute Gasteiger partial charge is 0.160 e. The van der Waals surface area contributed by atoms with Crippen molar-refractivity contribution in [2.24, 2.45) is 0 Å². The second-order valence-electron chi connectivity index (χ2n) is 3.65. The minimum absolute atomic E-state index is 0.793. The lowest BCUT2D eigenvalue weighted by Gasteiger charge is -2.19. The van der Waals surface area contributed by atoms with Crippen LogP contribution in [0.4, 0.5) is 0 Å². The monoisotopic (exact) mass is 226 g/mol. The maximum absolute atomic E-state index is 10.5. The lowest BCUT2D eigenvalue weighted by Crippen LogP contribution is -2.06. The van der Waals surface area contributed by atoms with Crippen LogP contribution in [0.1, 0.15) is 41.8 Å². The van der Waals surface area contributed by atoms with Gasteiger partial charge in [-0.15, -0.1) is 23.1 Å². The zero-order chi connectivity index (χ0) is 9.80. The fourth-order valence-corrected chi connectivity index (χ4v) is 4.29. The summed E-state index contributed by atoms with van der Waals surface area (Å²) in [6.45, 7) is 0. The number of rotatable bonds is 3. The number of aldehydes is 1. The van der Waals surface area contributed by atoms with Crippen LogP contribution in [0.25, 0.3) is 0 Å². The van der Waals surface area contributed by atoms with Crippen molar-refractivity contribution in [1.29, 1.82) is 0 Å². The molecule has 0 bridgehead atoms. The molecule has 0 atom stereocenters. The third-order valence-electron chi connectivity index (χ3n) is 2.55. The van der Waals surface area contributed by atoms with Crippen LogP contribution in [0.2, 0.25) is 0 Å². The maximum Gasteiger partial charge on any atom is 0.160 e. The van der Waals surface area contributed by atoms with Gasteiger partial charge in [-0.2, -0.15) is 0 Å². The molecule has 76 valence electrons. The Balaban J connectivity index is 1.92. The molecule has 0 aliphatic heterocycles. The Hall–Kier alpha value is -0.280. The molecule has 2 rings (SSSR count). The van der Waals surface area contributed by atoms with E-state index in [1.165, 1.54) is 36.3 Å². The van der Waals surface area contributed by atoms with Crippen LogP contribution >= 0.6 is 23.1 Å². The van der Waals surface area contributed by atoms with Gasteiger partial charge >= 0.3 is 0 Å². The zero-order valence-electron chi connectivity index (χ0n) is 8.07. The van der Waals surface area contributed by atoms with Crippen molar-refractivity contribution < 1.29 is 4.79 Å². The van der Waals surface area contributed by atoms with Crippen molar-refractivity contribution in [3.63, 3.8) is 0 Å². The number of hydrogen-bond acceptors (Lipinski definition) is 3. The Morgan fingerprint density at radius 2 is 2.07 bits per heavy atom. The van der Waals surface area contributed by atoms with E-state index in [1.54, 1.807) is 11.3 Å². The number of carbonyl (C=O) groups is 1. The van der Waals surface area contributed by atoms with Gasteiger partial charge in [0.2, 0.25) is 0 Å². The molecule has 0 spiro atoms. The Labute approximate surface area is 92.9 Å². The summed E-state index contributed by atoms with van der Waals surface area (Å²) in [4.78, 5) is 11.4. The largest absolute Gasteiger partial charge is 0.297 e. The molecule has 0 amide bonds. The molecule has 1 fully saturated rings. The van der Waals surface area contributed by atoms with Gasteiger partial charge in [0.15, 0.2) is 6.29 Å². The zero-order valence-corrected chi connectivity index (χ0v) is 9.70. The lowest BCUT2D eigenvalue weighted by atomic mass is 10.0. The highest BCUT2D eigenvalue weighted by molar-refractivity contribution is 8.01. The predicted molar refractivity (Wildman–Crippen MR) is 62.4 cm³/mol. The summed E-state index contributed by atoms with van der Waals surface area (Å²) >= 11 is 3.58. The highest BCUT2D eigenvalue weighted by atomic mass is 32.2. The van der Waals surface area contributed by atoms with Crippen molar-refractivity contribution in [3.05, 3.63) is 17.0 Å². The minimum atomic E-state index is 0.793. The van der Waals surface area contributed by atoms with E-state index in [4.69, 9.17) is 0 Å². The van der Waals surface area contributed by atoms with Crippen LogP contribution in [-0.4, -0.2) is 11.5 Å². The molecule has 1 aromatic rings. The van der Waals surface area contributed by atoms with Gasteiger partial charge in [0, 0.05) is 5.25 Å². The number of thiophene rings is 1. The van der Waals surface area contributed by atoms with Crippen LogP contribution < -0.4 is 0 Å². The van der Waals surface area contributed by atoms with Gasteiger partial charge in [0.05, 0.1) is 9.09 Å². The third kappa shape index (κ3) is 2.61. The van der Waals surface area contributed by atoms with Crippen molar-refractivity contribution in [2.45, 2.75) is 41.6 Å². The SMILES string of the molecule is O=Cc1ccc(SC2CCCCC2)s1. The molecule has 0 radical (unpaired) electrons. The third-order valence-corrected chi connectivity index (χ3v) is 5.07. The highest BCUT2D eigenvalue weighted by Gasteiger charge is 2.15. The Kier molecular flexibility index (Phi) is 3.65. The molecule has 14 heavy (non-hydrogen) atoms. The van der Waals surface area contributed by atoms with E-state index in [9.17, 15) is 4.79 Å². The van der Waals surface area contributed by atoms with E-state index < -0.39 is 0 Å². The van der Waals surface area contributed by atoms with Gasteiger partial charge in [-0.05, 0) is 25.0 Å². The van der Waals surface area contributed by atoms with Crippen LogP contribution in [0, 0.1) is 0 Å². The molecule has 1 aliphatic carbocycles. The Morgan fingerprint density at radius 1 is 1.29 bits per heavy atom. The van der Waals surface area contributed by atoms with E-state index in [-0.39, 0.29) is 0 Å². The van der Waals surface area contributed by atoms with Gasteiger partial charge in [-0.25, -0.2) is 0 Å². The first-order valence-corrected chi connectivity index (χ1v) is 6.80. The van der Waals surface area contributed by atoms with Crippen molar-refractivity contribution >= 4 is 29.4 Å². The van der Waals surface area contributed by atoms with Crippen molar-refractivity contribution in [2.75, 3.05) is 0 Å². The fourth-order valence-electron chi connectivity index (χ4n) is 1.81. The molecule has 1 nitrogen and oxygen atoms in total. The molecule has 1 aliphatic rings. The van der Waals surface area contributed by atoms with Gasteiger partial charge in [-0.1, -0.05) is 19.3 Å². The van der Waals surface area contributed by atoms with E-state index in [0.29, 0.717) is 0 Å². The summed E-state index contributed by atoms with van der Waals surface area (Å²) < 4.78 is 1.30. The summed E-state index contributed by atoms with van der Waals surface area (Å²) in [5.41, 5.74) is 0. The van der Waals surface area contributed by atoms with E-state index >= 15 is 0 Å². The number of hydrogen-bond donors (Lipinski definition) is 0. The summed E-state index contributed by atoms with van der Waals surface area (Å²) in [5, 5.41) is 0.793. The molecule has 1 aromatic heterocycles. The second kappa shape index (κ2) is 4.99. The molecular weight excluding hydrogens is 212 g/mol. The summed E-state index contributed by atoms with van der Waals surface area (Å²) in [6.07, 6.45) is 7.79. The van der Waals surface area contributed by atoms with Crippen molar-refractivity contribution in [1.82, 2.24) is 0 Å². The topological polar surface area (TPSA) is 17.1 Å². The predicted octanol–water partition coefficient (Wildman–Crippen LogP) is 3.99. The standard InChI is InChI=1S/C11H14OS2/c12-8-10-6-7-11(14-10)13-9-4-2-1-3-5-9/h6-9H,1-5H2. The summed E-state index contributed by atoms with van der Waals surface area (Å²) in [5.74, 6) is 0. The quantitative estimate of drug-likeness (QED) is 0.725. The molecule has 0 unspecified atom stereocenters. The van der Waals surface area contributed by atoms with Crippen LogP contribution in [0.15, 0.2) is 16.3 Å². The number of thioether (sulfide) groups is 1. The molecule has 0 saturated heterocycles. The van der Waals surface area contributed by atoms with E-state index in [1.807, 2.05) is 17.8 Å². The van der Waals surface area contributed by atoms with E-state index in [2.05, 4.69) is 6.07 Å². The van der Waals surface area contributed by atoms with Gasteiger partial charge in [0.25, 0.3) is 0 Å². The average Bonchev–Trinajstić information content (AvgIpc) is 2.67. The van der Waals surface area contributed by atoms with Gasteiger partial charge in [-0.3, -0.25) is 4.79 Å². The fraction of sp³-hybridized carbons (Fsp3) is 0.545. The minimum Gasteiger partial charge on any atom is -0.297 e. The highest BCUT2D eigenvalue weighted by Crippen LogP contribution is 2.36. The first kappa shape index (κ1) is 10.2. The lowest BCUT2D eigenvalue weighted by molar-refractivity contribution is 0.112. The summed E-state index contributed by atoms with van der Waals surface area (Å²) in [6, 6.07) is 4.00.